The van der Waals surface area contributed by atoms with Gasteiger partial charge in [-0.25, -0.2) is 4.39 Å². The van der Waals surface area contributed by atoms with E-state index in [0.29, 0.717) is 4.47 Å². The highest BCUT2D eigenvalue weighted by Crippen LogP contribution is 2.43. The molecule has 1 aliphatic rings. The van der Waals surface area contributed by atoms with E-state index in [9.17, 15) is 19.1 Å². The molecule has 0 bridgehead atoms. The van der Waals surface area contributed by atoms with Gasteiger partial charge in [0.25, 0.3) is 5.91 Å². The Balaban J connectivity index is 1.93. The number of Topliss-reactive ketones (excluding diaryl/α,β-unsaturated/α-hetero) is 1. The number of nitrogens with zero attached hydrogens (tertiary/aromatic N) is 3. The third-order valence-electron chi connectivity index (χ3n) is 4.00. The van der Waals surface area contributed by atoms with Gasteiger partial charge in [-0.1, -0.05) is 27.3 Å². The van der Waals surface area contributed by atoms with Gasteiger partial charge in [0.1, 0.15) is 17.4 Å². The zero-order valence-electron chi connectivity index (χ0n) is 13.3. The summed E-state index contributed by atoms with van der Waals surface area (Å²) in [6, 6.07) is 5.80. The van der Waals surface area contributed by atoms with Gasteiger partial charge in [-0.3, -0.25) is 14.5 Å². The standard InChI is InChI=1S/C17H9BrFN3O4S/c18-8-3-4-10(19)9(6-8)13-12(14(23)11-2-1-5-26-11)15(24)16(25)22(13)17-21-20-7-27-17/h1-7,13,24H. The summed E-state index contributed by atoms with van der Waals surface area (Å²) < 4.78 is 20.3. The first kappa shape index (κ1) is 17.6. The lowest BCUT2D eigenvalue weighted by molar-refractivity contribution is -0.117. The summed E-state index contributed by atoms with van der Waals surface area (Å²) in [6.07, 6.45) is 1.29. The smallest absolute Gasteiger partial charge is 0.296 e. The first-order valence-corrected chi connectivity index (χ1v) is 9.22. The van der Waals surface area contributed by atoms with Crippen LogP contribution in [0.2, 0.25) is 0 Å². The largest absolute Gasteiger partial charge is 0.503 e. The molecule has 1 unspecified atom stereocenters. The predicted molar refractivity (Wildman–Crippen MR) is 96.9 cm³/mol. The first-order valence-electron chi connectivity index (χ1n) is 7.55. The van der Waals surface area contributed by atoms with Crippen LogP contribution in [0, 0.1) is 5.82 Å². The van der Waals surface area contributed by atoms with E-state index in [1.807, 2.05) is 0 Å². The van der Waals surface area contributed by atoms with Crippen molar-refractivity contribution in [2.75, 3.05) is 4.90 Å². The number of aromatic nitrogens is 2. The normalized spacial score (nSPS) is 17.0. The Morgan fingerprint density at radius 3 is 2.85 bits per heavy atom. The van der Waals surface area contributed by atoms with Gasteiger partial charge < -0.3 is 9.52 Å². The number of anilines is 1. The molecule has 1 atom stereocenters. The molecule has 136 valence electrons. The number of hydrogen-bond acceptors (Lipinski definition) is 7. The van der Waals surface area contributed by atoms with Gasteiger partial charge in [0, 0.05) is 10.0 Å². The van der Waals surface area contributed by atoms with E-state index in [-0.39, 0.29) is 22.0 Å². The number of hydrogen-bond donors (Lipinski definition) is 1. The van der Waals surface area contributed by atoms with E-state index in [1.54, 1.807) is 0 Å². The predicted octanol–water partition coefficient (Wildman–Crippen LogP) is 3.82. The molecule has 10 heteroatoms. The molecule has 27 heavy (non-hydrogen) atoms. The van der Waals surface area contributed by atoms with Crippen molar-refractivity contribution >= 4 is 44.1 Å². The Bertz CT molecular complexity index is 1070. The van der Waals surface area contributed by atoms with E-state index in [0.717, 1.165) is 16.2 Å². The molecule has 0 spiro atoms. The summed E-state index contributed by atoms with van der Waals surface area (Å²) in [5.74, 6) is -3.10. The lowest BCUT2D eigenvalue weighted by Gasteiger charge is -2.24. The molecule has 1 aromatic carbocycles. The van der Waals surface area contributed by atoms with Gasteiger partial charge >= 0.3 is 0 Å². The van der Waals surface area contributed by atoms with Crippen LogP contribution in [-0.4, -0.2) is 27.0 Å². The van der Waals surface area contributed by atoms with Crippen LogP contribution in [0.15, 0.2) is 62.3 Å². The zero-order valence-corrected chi connectivity index (χ0v) is 15.7. The Kier molecular flexibility index (Phi) is 4.36. The van der Waals surface area contributed by atoms with E-state index in [1.165, 1.54) is 42.1 Å². The molecule has 3 aromatic rings. The number of carbonyl (C=O) groups excluding carboxylic acids is 2. The molecule has 1 N–H and O–H groups in total. The molecular weight excluding hydrogens is 441 g/mol. The minimum Gasteiger partial charge on any atom is -0.503 e. The lowest BCUT2D eigenvalue weighted by Crippen LogP contribution is -2.31. The second-order valence-corrected chi connectivity index (χ2v) is 7.26. The zero-order chi connectivity index (χ0) is 19.1. The number of aliphatic hydroxyl groups is 1. The summed E-state index contributed by atoms with van der Waals surface area (Å²) in [7, 11) is 0. The van der Waals surface area contributed by atoms with Crippen molar-refractivity contribution in [1.29, 1.82) is 0 Å². The molecule has 1 amide bonds. The summed E-state index contributed by atoms with van der Waals surface area (Å²) in [5.41, 5.74) is 1.12. The molecule has 0 radical (unpaired) electrons. The van der Waals surface area contributed by atoms with Crippen molar-refractivity contribution < 1.29 is 23.5 Å². The number of aliphatic hydroxyl groups excluding tert-OH is 1. The lowest BCUT2D eigenvalue weighted by atomic mass is 9.95. The third kappa shape index (κ3) is 2.86. The second-order valence-electron chi connectivity index (χ2n) is 5.53. The molecule has 0 saturated carbocycles. The minimum atomic E-state index is -1.22. The average Bonchev–Trinajstić information content (AvgIpc) is 3.39. The Morgan fingerprint density at radius 1 is 1.37 bits per heavy atom. The molecule has 0 aliphatic carbocycles. The van der Waals surface area contributed by atoms with Gasteiger partial charge in [0.2, 0.25) is 10.9 Å². The fourth-order valence-electron chi connectivity index (χ4n) is 2.87. The maximum absolute atomic E-state index is 14.6. The molecule has 3 heterocycles. The number of ketones is 1. The summed E-state index contributed by atoms with van der Waals surface area (Å²) in [5, 5.41) is 18.1. The van der Waals surface area contributed by atoms with Crippen molar-refractivity contribution in [2.45, 2.75) is 6.04 Å². The maximum Gasteiger partial charge on any atom is 0.296 e. The Hall–Kier alpha value is -2.85. The second kappa shape index (κ2) is 6.71. The van der Waals surface area contributed by atoms with Crippen molar-refractivity contribution in [3.8, 4) is 0 Å². The van der Waals surface area contributed by atoms with E-state index >= 15 is 0 Å². The SMILES string of the molecule is O=C(C1=C(O)C(=O)N(c2nncs2)C1c1cc(Br)ccc1F)c1ccco1. The number of furan rings is 1. The fourth-order valence-corrected chi connectivity index (χ4v) is 3.83. The summed E-state index contributed by atoms with van der Waals surface area (Å²) in [6.45, 7) is 0. The summed E-state index contributed by atoms with van der Waals surface area (Å²) in [4.78, 5) is 26.7. The van der Waals surface area contributed by atoms with Crippen LogP contribution >= 0.6 is 27.3 Å². The van der Waals surface area contributed by atoms with Crippen molar-refractivity contribution in [3.63, 3.8) is 0 Å². The van der Waals surface area contributed by atoms with Crippen LogP contribution in [-0.2, 0) is 4.79 Å². The van der Waals surface area contributed by atoms with E-state index in [4.69, 9.17) is 4.42 Å². The van der Waals surface area contributed by atoms with Crippen molar-refractivity contribution in [2.24, 2.45) is 0 Å². The first-order chi connectivity index (χ1) is 13.0. The molecular formula is C17H9BrFN3O4S. The highest BCUT2D eigenvalue weighted by molar-refractivity contribution is 9.10. The molecule has 0 saturated heterocycles. The Labute approximate surface area is 163 Å². The number of amides is 1. The highest BCUT2D eigenvalue weighted by Gasteiger charge is 2.47. The van der Waals surface area contributed by atoms with Crippen LogP contribution in [0.1, 0.15) is 22.2 Å². The number of carbonyl (C=O) groups is 2. The van der Waals surface area contributed by atoms with Crippen LogP contribution in [0.5, 0.6) is 0 Å². The molecule has 1 aliphatic heterocycles. The number of halogens is 2. The maximum atomic E-state index is 14.6. The number of rotatable bonds is 4. The van der Waals surface area contributed by atoms with Crippen molar-refractivity contribution in [1.82, 2.24) is 10.2 Å². The van der Waals surface area contributed by atoms with E-state index in [2.05, 4.69) is 26.1 Å². The average molecular weight is 450 g/mol. The van der Waals surface area contributed by atoms with Crippen LogP contribution in [0.4, 0.5) is 9.52 Å². The topological polar surface area (TPSA) is 96.5 Å². The molecule has 2 aromatic heterocycles. The van der Waals surface area contributed by atoms with Gasteiger partial charge in [0.05, 0.1) is 11.8 Å². The quantitative estimate of drug-likeness (QED) is 0.608. The monoisotopic (exact) mass is 449 g/mol. The molecule has 0 fully saturated rings. The van der Waals surface area contributed by atoms with Gasteiger partial charge in [-0.05, 0) is 30.3 Å². The van der Waals surface area contributed by atoms with E-state index < -0.39 is 29.3 Å². The fraction of sp³-hybridized carbons (Fsp3) is 0.0588. The third-order valence-corrected chi connectivity index (χ3v) is 5.19. The van der Waals surface area contributed by atoms with Gasteiger partial charge in [0.15, 0.2) is 11.5 Å². The minimum absolute atomic E-state index is 0.0203. The molecule has 7 nitrogen and oxygen atoms in total. The van der Waals surface area contributed by atoms with Crippen LogP contribution in [0.25, 0.3) is 0 Å². The van der Waals surface area contributed by atoms with Crippen LogP contribution in [0.3, 0.4) is 0 Å². The van der Waals surface area contributed by atoms with Gasteiger partial charge in [-0.2, -0.15) is 0 Å². The number of benzene rings is 1. The van der Waals surface area contributed by atoms with Crippen LogP contribution < -0.4 is 4.90 Å². The Morgan fingerprint density at radius 2 is 2.19 bits per heavy atom. The highest BCUT2D eigenvalue weighted by atomic mass is 79.9. The van der Waals surface area contributed by atoms with Crippen molar-refractivity contribution in [3.05, 3.63) is 75.1 Å². The molecule has 4 rings (SSSR count). The van der Waals surface area contributed by atoms with Gasteiger partial charge in [-0.15, -0.1) is 10.2 Å². The summed E-state index contributed by atoms with van der Waals surface area (Å²) >= 11 is 4.28.